The van der Waals surface area contributed by atoms with Crippen molar-refractivity contribution in [2.24, 2.45) is 15.5 Å². The number of nitrogens with one attached hydrogen (secondary N) is 2. The number of nitrogens with zero attached hydrogens (tertiary/aromatic N) is 6. The van der Waals surface area contributed by atoms with Gasteiger partial charge in [0.25, 0.3) is 0 Å². The van der Waals surface area contributed by atoms with Crippen LogP contribution in [0, 0.1) is 33.1 Å². The third-order valence-electron chi connectivity index (χ3n) is 10.9. The number of hydrogen-bond acceptors (Lipinski definition) is 10. The number of carbonyl (C=O) groups excluding carboxylic acids is 2. The summed E-state index contributed by atoms with van der Waals surface area (Å²) in [5, 5.41) is 29.7. The fourth-order valence-electron chi connectivity index (χ4n) is 7.61. The highest BCUT2D eigenvalue weighted by Gasteiger charge is 2.36. The van der Waals surface area contributed by atoms with E-state index >= 15 is 0 Å². The van der Waals surface area contributed by atoms with Crippen LogP contribution in [0.2, 0.25) is 0 Å². The van der Waals surface area contributed by atoms with Gasteiger partial charge in [-0.15, -0.1) is 10.2 Å². The lowest BCUT2D eigenvalue weighted by Crippen LogP contribution is -2.45. The molecule has 1 atom stereocenters. The maximum atomic E-state index is 14.0. The molecule has 324 valence electrons. The number of aromatic nitrogens is 3. The van der Waals surface area contributed by atoms with E-state index in [-0.39, 0.29) is 36.5 Å². The number of aryl methyl sites for hydroxylation is 3. The van der Waals surface area contributed by atoms with Crippen LogP contribution >= 0.6 is 0 Å². The van der Waals surface area contributed by atoms with Crippen LogP contribution in [-0.4, -0.2) is 89.4 Å². The number of amides is 2. The number of aliphatic hydroxyl groups excluding tert-OH is 1. The van der Waals surface area contributed by atoms with E-state index in [4.69, 9.17) is 10.1 Å². The second-order valence-corrected chi connectivity index (χ2v) is 19.3. The van der Waals surface area contributed by atoms with Crippen LogP contribution in [0.1, 0.15) is 133 Å². The first-order valence-corrected chi connectivity index (χ1v) is 23.5. The smallest absolute Gasteiger partial charge is 0.246 e. The van der Waals surface area contributed by atoms with E-state index in [1.54, 1.807) is 4.68 Å². The normalized spacial score (nSPS) is 14.0. The topological polar surface area (TPSA) is 171 Å². The van der Waals surface area contributed by atoms with E-state index in [1.807, 2.05) is 45.9 Å². The number of sulfone groups is 1. The van der Waals surface area contributed by atoms with Crippen LogP contribution < -0.4 is 15.5 Å². The van der Waals surface area contributed by atoms with Crippen molar-refractivity contribution in [2.45, 2.75) is 139 Å². The van der Waals surface area contributed by atoms with Crippen LogP contribution in [0.4, 0.5) is 17.1 Å². The number of aliphatic imine (C=N–C) groups is 1. The summed E-state index contributed by atoms with van der Waals surface area (Å²) >= 11 is 0. The van der Waals surface area contributed by atoms with Gasteiger partial charge in [-0.3, -0.25) is 9.59 Å². The summed E-state index contributed by atoms with van der Waals surface area (Å²) in [6, 6.07) is 6.99. The van der Waals surface area contributed by atoms with Gasteiger partial charge in [0.05, 0.1) is 23.8 Å². The Morgan fingerprint density at radius 2 is 1.54 bits per heavy atom. The van der Waals surface area contributed by atoms with Gasteiger partial charge in [0.2, 0.25) is 17.6 Å². The van der Waals surface area contributed by atoms with Gasteiger partial charge in [-0.25, -0.2) is 13.4 Å². The lowest BCUT2D eigenvalue weighted by molar-refractivity contribution is -0.126. The molecule has 2 amide bonds. The van der Waals surface area contributed by atoms with Crippen LogP contribution in [0.15, 0.2) is 34.4 Å². The molecule has 0 saturated heterocycles. The van der Waals surface area contributed by atoms with Crippen molar-refractivity contribution in [1.29, 1.82) is 0 Å². The van der Waals surface area contributed by atoms with Crippen molar-refractivity contribution in [3.63, 3.8) is 0 Å². The number of aliphatic hydroxyl groups is 1. The predicted molar refractivity (Wildman–Crippen MR) is 241 cm³/mol. The van der Waals surface area contributed by atoms with Gasteiger partial charge in [-0.2, -0.15) is 9.78 Å². The van der Waals surface area contributed by atoms with E-state index in [0.717, 1.165) is 77.0 Å². The zero-order chi connectivity index (χ0) is 43.5. The SMILES string of the molecule is CCCCCCCCCCCC(=O)NC(CCS(C)(=O)=O)C(=O)Nc1c(C)cc(C)c(-c2nnc3n2N=C(C(C)(C)C)/C3=N/c2ccc(N(CC)CCO)cc2C)c1C. The first kappa shape index (κ1) is 47.3. The minimum Gasteiger partial charge on any atom is -0.395 e. The van der Waals surface area contributed by atoms with Crippen molar-refractivity contribution in [2.75, 3.05) is 41.9 Å². The Morgan fingerprint density at radius 3 is 2.14 bits per heavy atom. The van der Waals surface area contributed by atoms with Gasteiger partial charge < -0.3 is 20.6 Å². The van der Waals surface area contributed by atoms with Gasteiger partial charge in [-0.05, 0) is 87.9 Å². The Labute approximate surface area is 352 Å². The third-order valence-corrected chi connectivity index (χ3v) is 11.9. The molecule has 0 aliphatic carbocycles. The largest absolute Gasteiger partial charge is 0.395 e. The molecule has 1 aliphatic rings. The lowest BCUT2D eigenvalue weighted by Gasteiger charge is -2.23. The fraction of sp³-hybridized carbons (Fsp3) is 0.600. The molecule has 0 spiro atoms. The Bertz CT molecular complexity index is 2120. The molecule has 1 aliphatic heterocycles. The highest BCUT2D eigenvalue weighted by atomic mass is 32.2. The van der Waals surface area contributed by atoms with Crippen LogP contribution in [0.3, 0.4) is 0 Å². The van der Waals surface area contributed by atoms with E-state index < -0.39 is 21.8 Å². The zero-order valence-electron chi connectivity index (χ0n) is 37.2. The monoisotopic (exact) mass is 833 g/mol. The molecule has 14 heteroatoms. The molecule has 13 nitrogen and oxygen atoms in total. The Balaban J connectivity index is 1.61. The summed E-state index contributed by atoms with van der Waals surface area (Å²) in [7, 11) is -3.39. The molecule has 0 radical (unpaired) electrons. The number of unbranched alkanes of at least 4 members (excludes halogenated alkanes) is 8. The Morgan fingerprint density at radius 1 is 0.898 bits per heavy atom. The van der Waals surface area contributed by atoms with Gasteiger partial charge in [0, 0.05) is 48.1 Å². The molecule has 0 bridgehead atoms. The first-order valence-electron chi connectivity index (χ1n) is 21.4. The minimum atomic E-state index is -3.39. The minimum absolute atomic E-state index is 0.0448. The summed E-state index contributed by atoms with van der Waals surface area (Å²) in [6.07, 6.45) is 11.5. The quantitative estimate of drug-likeness (QED) is 0.0852. The number of benzene rings is 2. The molecule has 1 unspecified atom stereocenters. The lowest BCUT2D eigenvalue weighted by atomic mass is 9.87. The number of hydrogen-bond donors (Lipinski definition) is 3. The first-order chi connectivity index (χ1) is 27.9. The van der Waals surface area contributed by atoms with Gasteiger partial charge in [0.15, 0.2) is 5.82 Å². The number of carbonyl (C=O) groups is 2. The summed E-state index contributed by atoms with van der Waals surface area (Å²) in [5.41, 5.74) is 7.49. The summed E-state index contributed by atoms with van der Waals surface area (Å²) < 4.78 is 26.1. The van der Waals surface area contributed by atoms with Crippen LogP contribution in [-0.2, 0) is 19.4 Å². The van der Waals surface area contributed by atoms with Crippen LogP contribution in [0.5, 0.6) is 0 Å². The second kappa shape index (κ2) is 21.2. The molecule has 2 heterocycles. The second-order valence-electron chi connectivity index (χ2n) is 17.1. The number of rotatable bonds is 22. The maximum Gasteiger partial charge on any atom is 0.246 e. The summed E-state index contributed by atoms with van der Waals surface area (Å²) in [5.74, 6) is 0.0113. The van der Waals surface area contributed by atoms with Crippen molar-refractivity contribution in [3.05, 3.63) is 52.3 Å². The third kappa shape index (κ3) is 12.8. The van der Waals surface area contributed by atoms with Crippen molar-refractivity contribution in [3.8, 4) is 11.4 Å². The molecule has 4 rings (SSSR count). The van der Waals surface area contributed by atoms with Gasteiger partial charge >= 0.3 is 0 Å². The van der Waals surface area contributed by atoms with E-state index in [0.29, 0.717) is 36.0 Å². The predicted octanol–water partition coefficient (Wildman–Crippen LogP) is 8.16. The van der Waals surface area contributed by atoms with Gasteiger partial charge in [-0.1, -0.05) is 85.1 Å². The van der Waals surface area contributed by atoms with E-state index in [1.165, 1.54) is 32.1 Å². The highest BCUT2D eigenvalue weighted by Crippen LogP contribution is 2.37. The van der Waals surface area contributed by atoms with Crippen molar-refractivity contribution >= 4 is 50.1 Å². The molecular formula is C45H68N8O5S. The molecule has 59 heavy (non-hydrogen) atoms. The molecular weight excluding hydrogens is 765 g/mol. The van der Waals surface area contributed by atoms with Crippen molar-refractivity contribution < 1.29 is 23.1 Å². The van der Waals surface area contributed by atoms with Crippen molar-refractivity contribution in [1.82, 2.24) is 20.2 Å². The number of anilines is 2. The molecule has 0 saturated carbocycles. The van der Waals surface area contributed by atoms with Gasteiger partial charge in [0.1, 0.15) is 21.6 Å². The number of fused-ring (bicyclic) bond motifs is 1. The summed E-state index contributed by atoms with van der Waals surface area (Å²) in [6.45, 7) is 19.7. The highest BCUT2D eigenvalue weighted by molar-refractivity contribution is 7.90. The summed E-state index contributed by atoms with van der Waals surface area (Å²) in [4.78, 5) is 34.3. The molecule has 3 N–H and O–H groups in total. The number of likely N-dealkylation sites (N-methyl/N-ethyl adjacent to an activating group) is 1. The maximum absolute atomic E-state index is 14.0. The Kier molecular flexibility index (Phi) is 17.0. The molecule has 3 aromatic rings. The Hall–Kier alpha value is -4.43. The van der Waals surface area contributed by atoms with E-state index in [2.05, 4.69) is 66.4 Å². The fourth-order valence-corrected chi connectivity index (χ4v) is 8.27. The molecule has 1 aromatic heterocycles. The van der Waals surface area contributed by atoms with E-state index in [9.17, 15) is 23.1 Å². The zero-order valence-corrected chi connectivity index (χ0v) is 38.0. The average molecular weight is 833 g/mol. The molecule has 2 aromatic carbocycles. The standard InChI is InChI=1S/C45H68N8O5S/c1-11-13-14-15-16-17-18-19-20-21-37(55)46-36(24-27-59(10,57)58)44(56)48-39-32(5)28-31(4)38(33(39)6)42-49-50-43-40(41(45(7,8)9)51-53(42)43)47-35-23-22-34(29-30(35)3)52(12-2)25-26-54/h22-23,28-29,36,54H,11-21,24-27H2,1-10H3,(H,46,55)(H,48,56)/b47-40-. The average Bonchev–Trinajstić information content (AvgIpc) is 3.74. The molecule has 0 fully saturated rings. The van der Waals surface area contributed by atoms with Crippen LogP contribution in [0.25, 0.3) is 11.4 Å².